The molecular formula is C11H12F4N2O2. The first-order valence-electron chi connectivity index (χ1n) is 5.23. The third-order valence-electron chi connectivity index (χ3n) is 2.21. The SMILES string of the molecule is CC(OCC(=O)Nc1ccc(F)c(N)c1)C(F)(F)F. The van der Waals surface area contributed by atoms with Gasteiger partial charge in [-0.05, 0) is 25.1 Å². The smallest absolute Gasteiger partial charge is 0.396 e. The van der Waals surface area contributed by atoms with Gasteiger partial charge in [-0.3, -0.25) is 4.79 Å². The van der Waals surface area contributed by atoms with Crippen LogP contribution in [-0.4, -0.2) is 24.8 Å². The van der Waals surface area contributed by atoms with Crippen molar-refractivity contribution in [2.45, 2.75) is 19.2 Å². The van der Waals surface area contributed by atoms with E-state index in [4.69, 9.17) is 5.73 Å². The number of nitrogen functional groups attached to an aromatic ring is 1. The second kappa shape index (κ2) is 5.87. The first kappa shape index (κ1) is 15.2. The number of carbonyl (C=O) groups is 1. The molecule has 0 aliphatic rings. The molecule has 1 unspecified atom stereocenters. The summed E-state index contributed by atoms with van der Waals surface area (Å²) < 4.78 is 53.5. The Kier molecular flexibility index (Phi) is 4.71. The number of hydrogen-bond acceptors (Lipinski definition) is 3. The van der Waals surface area contributed by atoms with Crippen molar-refractivity contribution >= 4 is 17.3 Å². The first-order valence-corrected chi connectivity index (χ1v) is 5.23. The van der Waals surface area contributed by atoms with Crippen molar-refractivity contribution in [3.63, 3.8) is 0 Å². The third-order valence-corrected chi connectivity index (χ3v) is 2.21. The number of amides is 1. The highest BCUT2D eigenvalue weighted by Crippen LogP contribution is 2.22. The lowest BCUT2D eigenvalue weighted by molar-refractivity contribution is -0.213. The van der Waals surface area contributed by atoms with Crippen molar-refractivity contribution in [1.82, 2.24) is 0 Å². The van der Waals surface area contributed by atoms with Crippen molar-refractivity contribution in [3.8, 4) is 0 Å². The number of alkyl halides is 3. The molecule has 0 bridgehead atoms. The predicted molar refractivity (Wildman–Crippen MR) is 60.9 cm³/mol. The second-order valence-electron chi connectivity index (χ2n) is 3.78. The van der Waals surface area contributed by atoms with Crippen LogP contribution in [0.3, 0.4) is 0 Å². The number of rotatable bonds is 4. The standard InChI is InChI=1S/C11H12F4N2O2/c1-6(11(13,14)15)19-5-10(18)17-7-2-3-8(12)9(16)4-7/h2-4,6H,5,16H2,1H3,(H,17,18). The number of anilines is 2. The van der Waals surface area contributed by atoms with Gasteiger partial charge in [-0.15, -0.1) is 0 Å². The van der Waals surface area contributed by atoms with E-state index in [-0.39, 0.29) is 11.4 Å². The molecule has 19 heavy (non-hydrogen) atoms. The quantitative estimate of drug-likeness (QED) is 0.657. The zero-order chi connectivity index (χ0) is 14.6. The summed E-state index contributed by atoms with van der Waals surface area (Å²) in [5.74, 6) is -1.44. The Bertz CT molecular complexity index is 462. The minimum atomic E-state index is -4.53. The molecule has 0 spiro atoms. The Balaban J connectivity index is 2.49. The highest BCUT2D eigenvalue weighted by Gasteiger charge is 2.37. The summed E-state index contributed by atoms with van der Waals surface area (Å²) in [5, 5.41) is 2.24. The molecule has 0 heterocycles. The van der Waals surface area contributed by atoms with Gasteiger partial charge in [-0.1, -0.05) is 0 Å². The number of hydrogen-bond donors (Lipinski definition) is 2. The molecule has 0 aromatic heterocycles. The maximum absolute atomic E-state index is 12.8. The molecule has 0 fully saturated rings. The van der Waals surface area contributed by atoms with E-state index in [1.165, 1.54) is 6.07 Å². The van der Waals surface area contributed by atoms with Crippen LogP contribution in [-0.2, 0) is 9.53 Å². The number of nitrogens with two attached hydrogens (primary N) is 1. The largest absolute Gasteiger partial charge is 0.414 e. The van der Waals surface area contributed by atoms with Gasteiger partial charge in [0.25, 0.3) is 0 Å². The van der Waals surface area contributed by atoms with Crippen LogP contribution in [0.2, 0.25) is 0 Å². The number of ether oxygens (including phenoxy) is 1. The Morgan fingerprint density at radius 3 is 2.63 bits per heavy atom. The van der Waals surface area contributed by atoms with E-state index in [1.807, 2.05) is 0 Å². The van der Waals surface area contributed by atoms with Crippen molar-refractivity contribution in [1.29, 1.82) is 0 Å². The Hall–Kier alpha value is -1.83. The molecule has 1 aromatic rings. The van der Waals surface area contributed by atoms with Gasteiger partial charge in [0.1, 0.15) is 12.4 Å². The number of halogens is 4. The lowest BCUT2D eigenvalue weighted by Gasteiger charge is -2.16. The van der Waals surface area contributed by atoms with E-state index in [0.717, 1.165) is 19.1 Å². The monoisotopic (exact) mass is 280 g/mol. The zero-order valence-corrected chi connectivity index (χ0v) is 9.92. The molecule has 1 amide bonds. The van der Waals surface area contributed by atoms with Crippen LogP contribution in [0.4, 0.5) is 28.9 Å². The summed E-state index contributed by atoms with van der Waals surface area (Å²) in [4.78, 5) is 11.3. The summed E-state index contributed by atoms with van der Waals surface area (Å²) >= 11 is 0. The van der Waals surface area contributed by atoms with Crippen LogP contribution in [0.15, 0.2) is 18.2 Å². The van der Waals surface area contributed by atoms with Crippen LogP contribution in [0.25, 0.3) is 0 Å². The maximum atomic E-state index is 12.8. The van der Waals surface area contributed by atoms with Crippen molar-refractivity contribution < 1.29 is 27.1 Å². The minimum Gasteiger partial charge on any atom is -0.396 e. The Labute approximate surface area is 106 Å². The molecule has 0 radical (unpaired) electrons. The highest BCUT2D eigenvalue weighted by molar-refractivity contribution is 5.92. The van der Waals surface area contributed by atoms with Gasteiger partial charge in [0.2, 0.25) is 5.91 Å². The first-order chi connectivity index (χ1) is 8.70. The number of nitrogens with one attached hydrogen (secondary N) is 1. The molecule has 0 saturated heterocycles. The van der Waals surface area contributed by atoms with E-state index in [0.29, 0.717) is 0 Å². The topological polar surface area (TPSA) is 64.3 Å². The van der Waals surface area contributed by atoms with Gasteiger partial charge in [-0.2, -0.15) is 13.2 Å². The molecule has 0 aliphatic carbocycles. The fraction of sp³-hybridized carbons (Fsp3) is 0.364. The van der Waals surface area contributed by atoms with Gasteiger partial charge < -0.3 is 15.8 Å². The van der Waals surface area contributed by atoms with Crippen LogP contribution in [0, 0.1) is 5.82 Å². The predicted octanol–water partition coefficient (Wildman–Crippen LogP) is 2.31. The van der Waals surface area contributed by atoms with E-state index in [1.54, 1.807) is 0 Å². The van der Waals surface area contributed by atoms with Gasteiger partial charge in [0, 0.05) is 5.69 Å². The van der Waals surface area contributed by atoms with Crippen LogP contribution < -0.4 is 11.1 Å². The zero-order valence-electron chi connectivity index (χ0n) is 9.92. The lowest BCUT2D eigenvalue weighted by Crippen LogP contribution is -2.32. The summed E-state index contributed by atoms with van der Waals surface area (Å²) in [5.41, 5.74) is 5.26. The molecule has 1 atom stereocenters. The van der Waals surface area contributed by atoms with E-state index < -0.39 is 30.6 Å². The molecule has 4 nitrogen and oxygen atoms in total. The van der Waals surface area contributed by atoms with Crippen LogP contribution in [0.1, 0.15) is 6.92 Å². The second-order valence-corrected chi connectivity index (χ2v) is 3.78. The summed E-state index contributed by atoms with van der Waals surface area (Å²) in [7, 11) is 0. The molecule has 1 rings (SSSR count). The van der Waals surface area contributed by atoms with E-state index in [9.17, 15) is 22.4 Å². The molecule has 1 aromatic carbocycles. The van der Waals surface area contributed by atoms with Gasteiger partial charge >= 0.3 is 6.18 Å². The normalized spacial score (nSPS) is 13.1. The molecule has 0 saturated carbocycles. The Morgan fingerprint density at radius 1 is 1.47 bits per heavy atom. The van der Waals surface area contributed by atoms with E-state index in [2.05, 4.69) is 10.1 Å². The van der Waals surface area contributed by atoms with Gasteiger partial charge in [0.05, 0.1) is 5.69 Å². The van der Waals surface area contributed by atoms with E-state index >= 15 is 0 Å². The number of benzene rings is 1. The Morgan fingerprint density at radius 2 is 2.11 bits per heavy atom. The molecular weight excluding hydrogens is 268 g/mol. The summed E-state index contributed by atoms with van der Waals surface area (Å²) in [6.07, 6.45) is -6.57. The minimum absolute atomic E-state index is 0.173. The highest BCUT2D eigenvalue weighted by atomic mass is 19.4. The van der Waals surface area contributed by atoms with Gasteiger partial charge in [-0.25, -0.2) is 4.39 Å². The molecule has 3 N–H and O–H groups in total. The van der Waals surface area contributed by atoms with Crippen LogP contribution >= 0.6 is 0 Å². The summed E-state index contributed by atoms with van der Waals surface area (Å²) in [6.45, 7) is 0.0289. The lowest BCUT2D eigenvalue weighted by atomic mass is 10.2. The summed E-state index contributed by atoms with van der Waals surface area (Å²) in [6, 6.07) is 3.42. The van der Waals surface area contributed by atoms with Crippen LogP contribution in [0.5, 0.6) is 0 Å². The third kappa shape index (κ3) is 4.74. The fourth-order valence-corrected chi connectivity index (χ4v) is 1.11. The average Bonchev–Trinajstić information content (AvgIpc) is 2.29. The molecule has 0 aliphatic heterocycles. The van der Waals surface area contributed by atoms with Gasteiger partial charge in [0.15, 0.2) is 6.10 Å². The molecule has 8 heteroatoms. The molecule has 106 valence electrons. The van der Waals surface area contributed by atoms with Crippen molar-refractivity contribution in [2.75, 3.05) is 17.7 Å². The van der Waals surface area contributed by atoms with Crippen molar-refractivity contribution in [2.24, 2.45) is 0 Å². The number of carbonyl (C=O) groups excluding carboxylic acids is 1. The average molecular weight is 280 g/mol. The maximum Gasteiger partial charge on any atom is 0.414 e. The fourth-order valence-electron chi connectivity index (χ4n) is 1.11. The van der Waals surface area contributed by atoms with Crippen molar-refractivity contribution in [3.05, 3.63) is 24.0 Å².